The van der Waals surface area contributed by atoms with Gasteiger partial charge in [-0.3, -0.25) is 4.79 Å². The summed E-state index contributed by atoms with van der Waals surface area (Å²) in [5.41, 5.74) is 5.17. The van der Waals surface area contributed by atoms with Gasteiger partial charge in [0.25, 0.3) is 0 Å². The third kappa shape index (κ3) is 0.948. The van der Waals surface area contributed by atoms with Crippen LogP contribution in [0.2, 0.25) is 0 Å². The van der Waals surface area contributed by atoms with Gasteiger partial charge in [0.2, 0.25) is 0 Å². The molecule has 11 heavy (non-hydrogen) atoms. The topological polar surface area (TPSA) is 52.3 Å². The minimum atomic E-state index is -0.387. The number of esters is 1. The molecule has 0 amide bonds. The summed E-state index contributed by atoms with van der Waals surface area (Å²) in [4.78, 5) is 11.2. The molecule has 0 saturated heterocycles. The largest absolute Gasteiger partial charge is 0.469 e. The Balaban J connectivity index is 2.75. The fourth-order valence-electron chi connectivity index (χ4n) is 1.69. The highest BCUT2D eigenvalue weighted by Crippen LogP contribution is 2.63. The van der Waals surface area contributed by atoms with Crippen LogP contribution in [0.15, 0.2) is 0 Å². The van der Waals surface area contributed by atoms with Crippen LogP contribution in [0.4, 0.5) is 0 Å². The Morgan fingerprint density at radius 1 is 1.64 bits per heavy atom. The van der Waals surface area contributed by atoms with Crippen molar-refractivity contribution < 1.29 is 9.53 Å². The molecule has 0 bridgehead atoms. The summed E-state index contributed by atoms with van der Waals surface area (Å²) in [5.74, 6) is -0.162. The molecule has 0 aromatic rings. The quantitative estimate of drug-likeness (QED) is 0.595. The van der Waals surface area contributed by atoms with E-state index in [1.807, 2.05) is 13.8 Å². The van der Waals surface area contributed by atoms with Crippen molar-refractivity contribution in [1.29, 1.82) is 0 Å². The molecule has 64 valence electrons. The number of carbonyl (C=O) groups is 1. The van der Waals surface area contributed by atoms with Gasteiger partial charge in [-0.1, -0.05) is 13.8 Å². The Kier molecular flexibility index (Phi) is 1.71. The van der Waals surface area contributed by atoms with Crippen molar-refractivity contribution in [2.24, 2.45) is 16.6 Å². The smallest absolute Gasteiger partial charge is 0.313 e. The molecule has 0 aromatic carbocycles. The molecular weight excluding hydrogens is 142 g/mol. The summed E-state index contributed by atoms with van der Waals surface area (Å²) < 4.78 is 4.69. The Morgan fingerprint density at radius 3 is 2.18 bits per heavy atom. The summed E-state index contributed by atoms with van der Waals surface area (Å²) >= 11 is 0. The highest BCUT2D eigenvalue weighted by atomic mass is 16.5. The van der Waals surface area contributed by atoms with E-state index in [4.69, 9.17) is 5.73 Å². The number of ether oxygens (including phenoxy) is 1. The summed E-state index contributed by atoms with van der Waals surface area (Å²) in [7, 11) is 1.41. The molecule has 1 atom stereocenters. The van der Waals surface area contributed by atoms with Crippen molar-refractivity contribution in [3.8, 4) is 0 Å². The van der Waals surface area contributed by atoms with Gasteiger partial charge in [-0.2, -0.15) is 0 Å². The Labute approximate surface area is 66.9 Å². The van der Waals surface area contributed by atoms with Crippen molar-refractivity contribution in [2.75, 3.05) is 13.7 Å². The van der Waals surface area contributed by atoms with Crippen LogP contribution in [0.5, 0.6) is 0 Å². The normalized spacial score (nSPS) is 33.1. The number of hydrogen-bond donors (Lipinski definition) is 1. The highest BCUT2D eigenvalue weighted by Gasteiger charge is 2.66. The van der Waals surface area contributed by atoms with Crippen molar-refractivity contribution in [2.45, 2.75) is 20.3 Å². The molecule has 0 spiro atoms. The first kappa shape index (κ1) is 8.53. The number of hydrogen-bond acceptors (Lipinski definition) is 3. The molecule has 1 aliphatic carbocycles. The zero-order chi connectivity index (χ0) is 8.70. The van der Waals surface area contributed by atoms with Gasteiger partial charge in [0.05, 0.1) is 12.5 Å². The number of methoxy groups -OCH3 is 1. The van der Waals surface area contributed by atoms with Crippen LogP contribution in [0, 0.1) is 10.8 Å². The van der Waals surface area contributed by atoms with E-state index >= 15 is 0 Å². The fraction of sp³-hybridized carbons (Fsp3) is 0.875. The van der Waals surface area contributed by atoms with Crippen molar-refractivity contribution >= 4 is 5.97 Å². The molecule has 0 aromatic heterocycles. The lowest BCUT2D eigenvalue weighted by Gasteiger charge is -2.14. The van der Waals surface area contributed by atoms with Crippen molar-refractivity contribution in [3.05, 3.63) is 0 Å². The maximum absolute atomic E-state index is 11.2. The van der Waals surface area contributed by atoms with E-state index in [1.165, 1.54) is 7.11 Å². The summed E-state index contributed by atoms with van der Waals surface area (Å²) in [6, 6.07) is 0. The third-order valence-electron chi connectivity index (χ3n) is 2.84. The molecule has 2 N–H and O–H groups in total. The lowest BCUT2D eigenvalue weighted by Crippen LogP contribution is -2.30. The number of rotatable bonds is 2. The van der Waals surface area contributed by atoms with Crippen LogP contribution < -0.4 is 5.73 Å². The minimum Gasteiger partial charge on any atom is -0.469 e. The molecule has 0 radical (unpaired) electrons. The van der Waals surface area contributed by atoms with Crippen molar-refractivity contribution in [1.82, 2.24) is 0 Å². The van der Waals surface area contributed by atoms with E-state index < -0.39 is 0 Å². The lowest BCUT2D eigenvalue weighted by molar-refractivity contribution is -0.148. The molecular formula is C8H15NO2. The van der Waals surface area contributed by atoms with Crippen LogP contribution in [0.1, 0.15) is 20.3 Å². The maximum Gasteiger partial charge on any atom is 0.313 e. The van der Waals surface area contributed by atoms with E-state index in [0.717, 1.165) is 6.42 Å². The SMILES string of the molecule is COC(=O)[C@@]1(CN)CC1(C)C. The lowest BCUT2D eigenvalue weighted by atomic mass is 9.96. The molecule has 1 saturated carbocycles. The van der Waals surface area contributed by atoms with Gasteiger partial charge in [0.1, 0.15) is 0 Å². The summed E-state index contributed by atoms with van der Waals surface area (Å²) in [6.07, 6.45) is 0.850. The van der Waals surface area contributed by atoms with Crippen LogP contribution in [0.3, 0.4) is 0 Å². The predicted octanol–water partition coefficient (Wildman–Crippen LogP) is 0.534. The summed E-state index contributed by atoms with van der Waals surface area (Å²) in [5, 5.41) is 0. The third-order valence-corrected chi connectivity index (χ3v) is 2.84. The second-order valence-corrected chi connectivity index (χ2v) is 3.84. The van der Waals surface area contributed by atoms with Gasteiger partial charge in [0.15, 0.2) is 0 Å². The van der Waals surface area contributed by atoms with Gasteiger partial charge in [-0.15, -0.1) is 0 Å². The zero-order valence-corrected chi connectivity index (χ0v) is 7.31. The molecule has 3 nitrogen and oxygen atoms in total. The molecule has 0 unspecified atom stereocenters. The van der Waals surface area contributed by atoms with Gasteiger partial charge in [-0.25, -0.2) is 0 Å². The number of carbonyl (C=O) groups excluding carboxylic acids is 1. The van der Waals surface area contributed by atoms with Gasteiger partial charge in [0, 0.05) is 6.54 Å². The van der Waals surface area contributed by atoms with E-state index in [1.54, 1.807) is 0 Å². The molecule has 1 rings (SSSR count). The maximum atomic E-state index is 11.2. The highest BCUT2D eigenvalue weighted by molar-refractivity contribution is 5.81. The van der Waals surface area contributed by atoms with E-state index in [2.05, 4.69) is 4.74 Å². The average molecular weight is 157 g/mol. The zero-order valence-electron chi connectivity index (χ0n) is 7.31. The monoisotopic (exact) mass is 157 g/mol. The van der Waals surface area contributed by atoms with E-state index in [9.17, 15) is 4.79 Å². The fourth-order valence-corrected chi connectivity index (χ4v) is 1.69. The molecule has 3 heteroatoms. The second-order valence-electron chi connectivity index (χ2n) is 3.84. The van der Waals surface area contributed by atoms with E-state index in [-0.39, 0.29) is 16.8 Å². The minimum absolute atomic E-state index is 0.0366. The second kappa shape index (κ2) is 2.21. The molecule has 0 aliphatic heterocycles. The standard InChI is InChI=1S/C8H15NO2/c1-7(2)4-8(7,5-9)6(10)11-3/h4-5,9H2,1-3H3/t8-/m0/s1. The van der Waals surface area contributed by atoms with Crippen LogP contribution in [0.25, 0.3) is 0 Å². The molecule has 1 aliphatic rings. The predicted molar refractivity (Wildman–Crippen MR) is 41.9 cm³/mol. The van der Waals surface area contributed by atoms with E-state index in [0.29, 0.717) is 6.54 Å². The first-order valence-corrected chi connectivity index (χ1v) is 3.79. The Bertz CT molecular complexity index is 189. The van der Waals surface area contributed by atoms with Crippen LogP contribution in [-0.2, 0) is 9.53 Å². The Morgan fingerprint density at radius 2 is 2.09 bits per heavy atom. The van der Waals surface area contributed by atoms with Crippen molar-refractivity contribution in [3.63, 3.8) is 0 Å². The van der Waals surface area contributed by atoms with Crippen LogP contribution in [-0.4, -0.2) is 19.6 Å². The van der Waals surface area contributed by atoms with Crippen LogP contribution >= 0.6 is 0 Å². The first-order chi connectivity index (χ1) is 5.00. The molecule has 1 fully saturated rings. The first-order valence-electron chi connectivity index (χ1n) is 3.79. The average Bonchev–Trinajstić information content (AvgIpc) is 2.53. The molecule has 0 heterocycles. The van der Waals surface area contributed by atoms with Gasteiger partial charge in [-0.05, 0) is 11.8 Å². The number of nitrogens with two attached hydrogens (primary N) is 1. The Hall–Kier alpha value is -0.570. The summed E-state index contributed by atoms with van der Waals surface area (Å²) in [6.45, 7) is 4.47. The van der Waals surface area contributed by atoms with Gasteiger partial charge >= 0.3 is 5.97 Å². The van der Waals surface area contributed by atoms with Gasteiger partial charge < -0.3 is 10.5 Å².